The molecular formula is C15H19BrN2O. The summed E-state index contributed by atoms with van der Waals surface area (Å²) in [6.07, 6.45) is 0. The Morgan fingerprint density at radius 1 is 1.32 bits per heavy atom. The number of aryl methyl sites for hydroxylation is 1. The minimum atomic E-state index is 0.0291. The zero-order valence-corrected chi connectivity index (χ0v) is 13.1. The van der Waals surface area contributed by atoms with Crippen molar-refractivity contribution < 1.29 is 4.42 Å². The molecule has 0 bridgehead atoms. The molecule has 0 aliphatic carbocycles. The lowest BCUT2D eigenvalue weighted by Gasteiger charge is -2.20. The number of benzene rings is 1. The summed E-state index contributed by atoms with van der Waals surface area (Å²) in [5, 5.41) is 0. The molecule has 0 aliphatic rings. The van der Waals surface area contributed by atoms with Crippen LogP contribution in [0, 0.1) is 6.92 Å². The Hall–Kier alpha value is -1.26. The van der Waals surface area contributed by atoms with Crippen LogP contribution in [0.15, 0.2) is 39.2 Å². The van der Waals surface area contributed by atoms with Gasteiger partial charge in [-0.3, -0.25) is 0 Å². The fourth-order valence-corrected chi connectivity index (χ4v) is 2.75. The molecule has 0 aliphatic heterocycles. The van der Waals surface area contributed by atoms with Crippen LogP contribution in [0.5, 0.6) is 0 Å². The van der Waals surface area contributed by atoms with Crippen molar-refractivity contribution in [2.75, 3.05) is 11.9 Å². The van der Waals surface area contributed by atoms with Crippen molar-refractivity contribution in [2.24, 2.45) is 5.73 Å². The Morgan fingerprint density at radius 2 is 2.05 bits per heavy atom. The van der Waals surface area contributed by atoms with E-state index in [0.29, 0.717) is 0 Å². The average molecular weight is 323 g/mol. The predicted molar refractivity (Wildman–Crippen MR) is 82.3 cm³/mol. The third-order valence-electron chi connectivity index (χ3n) is 3.10. The number of furan rings is 1. The lowest BCUT2D eigenvalue weighted by Crippen LogP contribution is -2.16. The number of halogens is 1. The summed E-state index contributed by atoms with van der Waals surface area (Å²) in [4.78, 5) is 2.15. The molecule has 1 aromatic heterocycles. The van der Waals surface area contributed by atoms with Gasteiger partial charge in [0.2, 0.25) is 0 Å². The van der Waals surface area contributed by atoms with Gasteiger partial charge in [0.05, 0.1) is 6.54 Å². The summed E-state index contributed by atoms with van der Waals surface area (Å²) >= 11 is 3.58. The van der Waals surface area contributed by atoms with E-state index in [-0.39, 0.29) is 6.04 Å². The molecule has 1 heterocycles. The number of hydrogen-bond donors (Lipinski definition) is 1. The highest BCUT2D eigenvalue weighted by Crippen LogP contribution is 2.27. The quantitative estimate of drug-likeness (QED) is 0.924. The first-order valence-corrected chi connectivity index (χ1v) is 7.08. The van der Waals surface area contributed by atoms with E-state index >= 15 is 0 Å². The SMILES string of the molecule is Cc1ccc(CN(C)c2ccc(C(C)N)c(Br)c2)o1. The zero-order chi connectivity index (χ0) is 14.0. The normalized spacial score (nSPS) is 12.5. The second kappa shape index (κ2) is 5.80. The Morgan fingerprint density at radius 3 is 2.58 bits per heavy atom. The molecule has 2 rings (SSSR count). The van der Waals surface area contributed by atoms with Gasteiger partial charge in [-0.1, -0.05) is 22.0 Å². The van der Waals surface area contributed by atoms with Crippen LogP contribution in [0.1, 0.15) is 30.0 Å². The molecule has 1 unspecified atom stereocenters. The Kier molecular flexibility index (Phi) is 4.32. The first-order chi connectivity index (χ1) is 8.97. The highest BCUT2D eigenvalue weighted by atomic mass is 79.9. The Labute approximate surface area is 122 Å². The average Bonchev–Trinajstić information content (AvgIpc) is 2.74. The molecule has 0 fully saturated rings. The summed E-state index contributed by atoms with van der Waals surface area (Å²) in [5.74, 6) is 1.91. The smallest absolute Gasteiger partial charge is 0.123 e. The van der Waals surface area contributed by atoms with Crippen molar-refractivity contribution in [2.45, 2.75) is 26.4 Å². The minimum Gasteiger partial charge on any atom is -0.464 e. The molecular weight excluding hydrogens is 304 g/mol. The first-order valence-electron chi connectivity index (χ1n) is 6.29. The standard InChI is InChI=1S/C15H19BrN2O/c1-10-4-6-13(19-10)9-18(3)12-5-7-14(11(2)17)15(16)8-12/h4-8,11H,9,17H2,1-3H3. The molecule has 1 aromatic carbocycles. The molecule has 1 atom stereocenters. The van der Waals surface area contributed by atoms with E-state index in [4.69, 9.17) is 10.2 Å². The van der Waals surface area contributed by atoms with Crippen LogP contribution in [-0.2, 0) is 6.54 Å². The van der Waals surface area contributed by atoms with Crippen LogP contribution >= 0.6 is 15.9 Å². The molecule has 0 radical (unpaired) electrons. The van der Waals surface area contributed by atoms with Crippen LogP contribution in [0.25, 0.3) is 0 Å². The highest BCUT2D eigenvalue weighted by molar-refractivity contribution is 9.10. The summed E-state index contributed by atoms with van der Waals surface area (Å²) in [6.45, 7) is 4.68. The fraction of sp³-hybridized carbons (Fsp3) is 0.333. The molecule has 102 valence electrons. The van der Waals surface area contributed by atoms with Crippen LogP contribution in [0.4, 0.5) is 5.69 Å². The third-order valence-corrected chi connectivity index (χ3v) is 3.79. The topological polar surface area (TPSA) is 42.4 Å². The van der Waals surface area contributed by atoms with E-state index in [1.165, 1.54) is 0 Å². The van der Waals surface area contributed by atoms with E-state index in [1.807, 2.05) is 33.0 Å². The molecule has 4 heteroatoms. The highest BCUT2D eigenvalue weighted by Gasteiger charge is 2.09. The van der Waals surface area contributed by atoms with E-state index in [2.05, 4.69) is 39.0 Å². The third kappa shape index (κ3) is 3.39. The second-order valence-corrected chi connectivity index (χ2v) is 5.72. The maximum absolute atomic E-state index is 5.91. The van der Waals surface area contributed by atoms with Crippen LogP contribution in [-0.4, -0.2) is 7.05 Å². The van der Waals surface area contributed by atoms with E-state index in [9.17, 15) is 0 Å². The molecule has 0 saturated carbocycles. The monoisotopic (exact) mass is 322 g/mol. The molecule has 0 spiro atoms. The zero-order valence-electron chi connectivity index (χ0n) is 11.5. The van der Waals surface area contributed by atoms with Gasteiger partial charge in [0, 0.05) is 23.2 Å². The van der Waals surface area contributed by atoms with Crippen molar-refractivity contribution in [1.29, 1.82) is 0 Å². The predicted octanol–water partition coefficient (Wildman–Crippen LogP) is 4.01. The summed E-state index contributed by atoms with van der Waals surface area (Å²) < 4.78 is 6.64. The molecule has 2 aromatic rings. The second-order valence-electron chi connectivity index (χ2n) is 4.86. The molecule has 3 nitrogen and oxygen atoms in total. The number of hydrogen-bond acceptors (Lipinski definition) is 3. The van der Waals surface area contributed by atoms with Crippen molar-refractivity contribution in [1.82, 2.24) is 0 Å². The van der Waals surface area contributed by atoms with Gasteiger partial charge in [-0.25, -0.2) is 0 Å². The van der Waals surface area contributed by atoms with Gasteiger partial charge in [0.25, 0.3) is 0 Å². The minimum absolute atomic E-state index is 0.0291. The lowest BCUT2D eigenvalue weighted by atomic mass is 10.1. The Balaban J connectivity index is 2.15. The van der Waals surface area contributed by atoms with E-state index in [0.717, 1.165) is 33.8 Å². The van der Waals surface area contributed by atoms with Gasteiger partial charge in [-0.05, 0) is 43.7 Å². The maximum Gasteiger partial charge on any atom is 0.123 e. The van der Waals surface area contributed by atoms with Gasteiger partial charge < -0.3 is 15.1 Å². The number of rotatable bonds is 4. The van der Waals surface area contributed by atoms with Crippen molar-refractivity contribution in [3.05, 3.63) is 51.9 Å². The number of anilines is 1. The van der Waals surface area contributed by atoms with Gasteiger partial charge in [0.1, 0.15) is 11.5 Å². The Bertz CT molecular complexity index is 563. The van der Waals surface area contributed by atoms with E-state index in [1.54, 1.807) is 0 Å². The van der Waals surface area contributed by atoms with Crippen molar-refractivity contribution >= 4 is 21.6 Å². The van der Waals surface area contributed by atoms with Crippen LogP contribution in [0.3, 0.4) is 0 Å². The van der Waals surface area contributed by atoms with Crippen molar-refractivity contribution in [3.63, 3.8) is 0 Å². The van der Waals surface area contributed by atoms with E-state index < -0.39 is 0 Å². The summed E-state index contributed by atoms with van der Waals surface area (Å²) in [7, 11) is 2.05. The van der Waals surface area contributed by atoms with Crippen molar-refractivity contribution in [3.8, 4) is 0 Å². The summed E-state index contributed by atoms with van der Waals surface area (Å²) in [5.41, 5.74) is 8.16. The van der Waals surface area contributed by atoms with Gasteiger partial charge in [-0.2, -0.15) is 0 Å². The molecule has 0 amide bonds. The first kappa shape index (κ1) is 14.2. The van der Waals surface area contributed by atoms with Crippen LogP contribution in [0.2, 0.25) is 0 Å². The molecule has 2 N–H and O–H groups in total. The molecule has 0 saturated heterocycles. The fourth-order valence-electron chi connectivity index (χ4n) is 2.02. The summed E-state index contributed by atoms with van der Waals surface area (Å²) in [6, 6.07) is 10.3. The largest absolute Gasteiger partial charge is 0.464 e. The van der Waals surface area contributed by atoms with Gasteiger partial charge >= 0.3 is 0 Å². The van der Waals surface area contributed by atoms with Gasteiger partial charge in [0.15, 0.2) is 0 Å². The van der Waals surface area contributed by atoms with Gasteiger partial charge in [-0.15, -0.1) is 0 Å². The molecule has 19 heavy (non-hydrogen) atoms. The maximum atomic E-state index is 5.91. The number of nitrogens with zero attached hydrogens (tertiary/aromatic N) is 1. The van der Waals surface area contributed by atoms with Crippen LogP contribution < -0.4 is 10.6 Å². The number of nitrogens with two attached hydrogens (primary N) is 1. The lowest BCUT2D eigenvalue weighted by molar-refractivity contribution is 0.482.